The summed E-state index contributed by atoms with van der Waals surface area (Å²) in [6.07, 6.45) is 0. The number of fused-ring (bicyclic) bond motifs is 1. The Hall–Kier alpha value is -1.82. The molecule has 3 amide bonds. The van der Waals surface area contributed by atoms with Crippen LogP contribution in [0.25, 0.3) is 0 Å². The number of imide groups is 1. The van der Waals surface area contributed by atoms with Gasteiger partial charge in [-0.05, 0) is 19.1 Å². The lowest BCUT2D eigenvalue weighted by Gasteiger charge is -2.37. The van der Waals surface area contributed by atoms with Gasteiger partial charge in [-0.1, -0.05) is 12.1 Å². The average Bonchev–Trinajstić information content (AvgIpc) is 2.70. The van der Waals surface area contributed by atoms with Crippen molar-refractivity contribution in [3.05, 3.63) is 35.4 Å². The molecule has 1 saturated heterocycles. The Morgan fingerprint density at radius 1 is 1.10 bits per heavy atom. The van der Waals surface area contributed by atoms with Gasteiger partial charge in [0.15, 0.2) is 0 Å². The average molecular weight is 290 g/mol. The highest BCUT2D eigenvalue weighted by Crippen LogP contribution is 2.30. The van der Waals surface area contributed by atoms with Crippen molar-refractivity contribution >= 4 is 29.5 Å². The Morgan fingerprint density at radius 3 is 2.20 bits per heavy atom. The van der Waals surface area contributed by atoms with Crippen molar-refractivity contribution in [3.63, 3.8) is 0 Å². The van der Waals surface area contributed by atoms with E-state index in [1.807, 2.05) is 6.92 Å². The van der Waals surface area contributed by atoms with Crippen LogP contribution in [0.3, 0.4) is 0 Å². The second kappa shape index (κ2) is 4.63. The van der Waals surface area contributed by atoms with E-state index < -0.39 is 6.04 Å². The van der Waals surface area contributed by atoms with Crippen molar-refractivity contribution in [2.75, 3.05) is 12.8 Å². The quantitative estimate of drug-likeness (QED) is 0.729. The van der Waals surface area contributed by atoms with Crippen LogP contribution in [0.15, 0.2) is 24.3 Å². The Morgan fingerprint density at radius 2 is 1.65 bits per heavy atom. The summed E-state index contributed by atoms with van der Waals surface area (Å²) in [4.78, 5) is 39.8. The molecule has 6 heteroatoms. The normalized spacial score (nSPS) is 26.2. The molecule has 0 spiro atoms. The highest BCUT2D eigenvalue weighted by molar-refractivity contribution is 8.00. The molecule has 0 aromatic heterocycles. The van der Waals surface area contributed by atoms with Crippen LogP contribution in [0, 0.1) is 0 Å². The van der Waals surface area contributed by atoms with E-state index in [9.17, 15) is 14.4 Å². The zero-order chi connectivity index (χ0) is 14.4. The van der Waals surface area contributed by atoms with Gasteiger partial charge in [0.1, 0.15) is 6.04 Å². The van der Waals surface area contributed by atoms with Gasteiger partial charge in [-0.3, -0.25) is 19.3 Å². The van der Waals surface area contributed by atoms with Crippen LogP contribution < -0.4 is 0 Å². The van der Waals surface area contributed by atoms with Crippen LogP contribution in [-0.4, -0.2) is 51.7 Å². The molecule has 0 bridgehead atoms. The van der Waals surface area contributed by atoms with E-state index in [0.717, 1.165) is 4.90 Å². The van der Waals surface area contributed by atoms with Gasteiger partial charge < -0.3 is 4.90 Å². The molecule has 1 aromatic carbocycles. The lowest BCUT2D eigenvalue weighted by atomic mass is 10.1. The smallest absolute Gasteiger partial charge is 0.262 e. The Bertz CT molecular complexity index is 581. The number of benzene rings is 1. The fourth-order valence-corrected chi connectivity index (χ4v) is 3.58. The zero-order valence-corrected chi connectivity index (χ0v) is 12.0. The van der Waals surface area contributed by atoms with Gasteiger partial charge >= 0.3 is 0 Å². The number of rotatable bonds is 1. The van der Waals surface area contributed by atoms with Crippen LogP contribution in [0.1, 0.15) is 27.6 Å². The molecule has 20 heavy (non-hydrogen) atoms. The van der Waals surface area contributed by atoms with Crippen molar-refractivity contribution in [3.8, 4) is 0 Å². The van der Waals surface area contributed by atoms with Gasteiger partial charge in [0.2, 0.25) is 5.91 Å². The maximum atomic E-state index is 12.4. The Balaban J connectivity index is 1.95. The van der Waals surface area contributed by atoms with E-state index in [1.165, 1.54) is 0 Å². The molecule has 0 radical (unpaired) electrons. The molecule has 2 atom stereocenters. The first-order valence-electron chi connectivity index (χ1n) is 6.37. The standard InChI is InChI=1S/C14H14N2O3S/c1-8-15(2)14(19)11(7-20-8)16-12(17)9-5-3-4-6-10(9)13(16)18/h3-6,8,11H,7H2,1-2H3. The lowest BCUT2D eigenvalue weighted by Crippen LogP contribution is -2.56. The van der Waals surface area contributed by atoms with E-state index in [1.54, 1.807) is 48.0 Å². The number of thioether (sulfide) groups is 1. The maximum Gasteiger partial charge on any atom is 0.262 e. The number of nitrogens with zero attached hydrogens (tertiary/aromatic N) is 2. The summed E-state index contributed by atoms with van der Waals surface area (Å²) in [6.45, 7) is 1.93. The monoisotopic (exact) mass is 290 g/mol. The number of carbonyl (C=O) groups is 3. The number of carbonyl (C=O) groups excluding carboxylic acids is 3. The number of likely N-dealkylation sites (N-methyl/N-ethyl adjacent to an activating group) is 1. The number of hydrogen-bond acceptors (Lipinski definition) is 4. The molecule has 2 aliphatic rings. The highest BCUT2D eigenvalue weighted by atomic mass is 32.2. The summed E-state index contributed by atoms with van der Waals surface area (Å²) in [5, 5.41) is 0.0638. The third-order valence-electron chi connectivity index (χ3n) is 3.81. The van der Waals surface area contributed by atoms with Gasteiger partial charge in [-0.2, -0.15) is 0 Å². The highest BCUT2D eigenvalue weighted by Gasteiger charge is 2.45. The minimum absolute atomic E-state index is 0.0638. The fourth-order valence-electron chi connectivity index (χ4n) is 2.50. The summed E-state index contributed by atoms with van der Waals surface area (Å²) >= 11 is 1.57. The molecular weight excluding hydrogens is 276 g/mol. The van der Waals surface area contributed by atoms with E-state index in [2.05, 4.69) is 0 Å². The van der Waals surface area contributed by atoms with E-state index in [4.69, 9.17) is 0 Å². The fraction of sp³-hybridized carbons (Fsp3) is 0.357. The molecule has 5 nitrogen and oxygen atoms in total. The molecule has 1 aromatic rings. The Kier molecular flexibility index (Phi) is 3.05. The van der Waals surface area contributed by atoms with Crippen LogP contribution in [0.5, 0.6) is 0 Å². The predicted molar refractivity (Wildman–Crippen MR) is 75.4 cm³/mol. The van der Waals surface area contributed by atoms with Crippen LogP contribution >= 0.6 is 11.8 Å². The van der Waals surface area contributed by atoms with Crippen molar-refractivity contribution < 1.29 is 14.4 Å². The summed E-state index contributed by atoms with van der Waals surface area (Å²) in [7, 11) is 1.70. The second-order valence-corrected chi connectivity index (χ2v) is 6.27. The predicted octanol–water partition coefficient (Wildman–Crippen LogP) is 1.20. The van der Waals surface area contributed by atoms with Crippen molar-refractivity contribution in [2.24, 2.45) is 0 Å². The van der Waals surface area contributed by atoms with E-state index in [-0.39, 0.29) is 23.1 Å². The molecule has 104 valence electrons. The first kappa shape index (κ1) is 13.2. The summed E-state index contributed by atoms with van der Waals surface area (Å²) in [5.41, 5.74) is 0.771. The Labute approximate surface area is 120 Å². The number of hydrogen-bond donors (Lipinski definition) is 0. The molecule has 2 unspecified atom stereocenters. The summed E-state index contributed by atoms with van der Waals surface area (Å²) in [5.74, 6) is -0.457. The van der Waals surface area contributed by atoms with Crippen molar-refractivity contribution in [1.29, 1.82) is 0 Å². The number of amides is 3. The molecule has 0 aliphatic carbocycles. The maximum absolute atomic E-state index is 12.4. The van der Waals surface area contributed by atoms with Crippen LogP contribution in [0.2, 0.25) is 0 Å². The lowest BCUT2D eigenvalue weighted by molar-refractivity contribution is -0.134. The van der Waals surface area contributed by atoms with Gasteiger partial charge in [-0.25, -0.2) is 0 Å². The SMILES string of the molecule is CC1SCC(N2C(=O)c3ccccc3C2=O)C(=O)N1C. The van der Waals surface area contributed by atoms with E-state index in [0.29, 0.717) is 16.9 Å². The van der Waals surface area contributed by atoms with Gasteiger partial charge in [0.25, 0.3) is 11.8 Å². The molecule has 0 N–H and O–H groups in total. The zero-order valence-electron chi connectivity index (χ0n) is 11.2. The third-order valence-corrected chi connectivity index (χ3v) is 5.12. The molecule has 3 rings (SSSR count). The molecule has 2 aliphatic heterocycles. The van der Waals surface area contributed by atoms with Gasteiger partial charge in [-0.15, -0.1) is 11.8 Å². The minimum Gasteiger partial charge on any atom is -0.332 e. The summed E-state index contributed by atoms with van der Waals surface area (Å²) < 4.78 is 0. The molecular formula is C14H14N2O3S. The first-order valence-corrected chi connectivity index (χ1v) is 7.42. The first-order chi connectivity index (χ1) is 9.52. The topological polar surface area (TPSA) is 57.7 Å². The largest absolute Gasteiger partial charge is 0.332 e. The molecule has 2 heterocycles. The third kappa shape index (κ3) is 1.75. The van der Waals surface area contributed by atoms with Gasteiger partial charge in [0, 0.05) is 12.8 Å². The van der Waals surface area contributed by atoms with E-state index >= 15 is 0 Å². The van der Waals surface area contributed by atoms with Crippen LogP contribution in [-0.2, 0) is 4.79 Å². The second-order valence-electron chi connectivity index (χ2n) is 4.92. The molecule has 1 fully saturated rings. The van der Waals surface area contributed by atoms with Crippen molar-refractivity contribution in [2.45, 2.75) is 18.3 Å². The summed E-state index contributed by atoms with van der Waals surface area (Å²) in [6, 6.07) is 6.00. The van der Waals surface area contributed by atoms with Gasteiger partial charge in [0.05, 0.1) is 16.5 Å². The van der Waals surface area contributed by atoms with Crippen LogP contribution in [0.4, 0.5) is 0 Å². The molecule has 0 saturated carbocycles. The van der Waals surface area contributed by atoms with Crippen molar-refractivity contribution in [1.82, 2.24) is 9.80 Å². The minimum atomic E-state index is -0.700.